The molecule has 0 bridgehead atoms. The number of carbonyl (C=O) groups is 1. The highest BCUT2D eigenvalue weighted by atomic mass is 32.2. The number of H-pyrrole nitrogens is 1. The van der Waals surface area contributed by atoms with E-state index in [0.29, 0.717) is 11.8 Å². The summed E-state index contributed by atoms with van der Waals surface area (Å²) in [6.07, 6.45) is 2.17. The summed E-state index contributed by atoms with van der Waals surface area (Å²) >= 11 is 1.36. The number of carbonyl (C=O) groups excluding carboxylic acids is 1. The average Bonchev–Trinajstić information content (AvgIpc) is 2.65. The lowest BCUT2D eigenvalue weighted by Gasteiger charge is -1.99. The number of cyclic esters (lactones) is 1. The lowest BCUT2D eigenvalue weighted by Crippen LogP contribution is -2.09. The molecule has 1 aromatic heterocycles. The molecule has 2 heterocycles. The van der Waals surface area contributed by atoms with Crippen LogP contribution in [0.3, 0.4) is 0 Å². The van der Waals surface area contributed by atoms with Crippen molar-refractivity contribution in [3.05, 3.63) is 6.33 Å². The molecule has 1 aromatic rings. The van der Waals surface area contributed by atoms with Gasteiger partial charge in [0, 0.05) is 6.42 Å². The predicted octanol–water partition coefficient (Wildman–Crippen LogP) is 0.212. The van der Waals surface area contributed by atoms with E-state index in [2.05, 4.69) is 15.2 Å². The largest absolute Gasteiger partial charge is 0.465 e. The zero-order chi connectivity index (χ0) is 8.39. The van der Waals surface area contributed by atoms with Crippen LogP contribution >= 0.6 is 11.8 Å². The number of hydrogen-bond acceptors (Lipinski definition) is 5. The molecule has 0 unspecified atom stereocenters. The summed E-state index contributed by atoms with van der Waals surface area (Å²) < 4.78 is 4.79. The minimum Gasteiger partial charge on any atom is -0.465 e. The first-order valence-corrected chi connectivity index (χ1v) is 4.43. The van der Waals surface area contributed by atoms with Crippen LogP contribution in [0.1, 0.15) is 6.42 Å². The van der Waals surface area contributed by atoms with Crippen molar-refractivity contribution in [2.75, 3.05) is 6.61 Å². The van der Waals surface area contributed by atoms with Crippen molar-refractivity contribution in [2.24, 2.45) is 0 Å². The van der Waals surface area contributed by atoms with E-state index in [9.17, 15) is 4.79 Å². The maximum absolute atomic E-state index is 11.0. The number of thioether (sulfide) groups is 1. The molecule has 0 aliphatic carbocycles. The first-order chi connectivity index (χ1) is 5.86. The molecule has 64 valence electrons. The number of esters is 1. The molecule has 0 spiro atoms. The maximum Gasteiger partial charge on any atom is 0.319 e. The zero-order valence-corrected chi connectivity index (χ0v) is 7.00. The molecular weight excluding hydrogens is 178 g/mol. The Morgan fingerprint density at radius 1 is 1.75 bits per heavy atom. The highest BCUT2D eigenvalue weighted by Gasteiger charge is 2.28. The van der Waals surface area contributed by atoms with E-state index in [1.807, 2.05) is 0 Å². The molecule has 1 aliphatic rings. The summed E-state index contributed by atoms with van der Waals surface area (Å²) in [6, 6.07) is 0. The molecule has 1 saturated heterocycles. The normalized spacial score (nSPS) is 22.7. The Morgan fingerprint density at radius 2 is 2.67 bits per heavy atom. The van der Waals surface area contributed by atoms with E-state index in [1.165, 1.54) is 18.1 Å². The van der Waals surface area contributed by atoms with Crippen LogP contribution in [0.25, 0.3) is 0 Å². The fraction of sp³-hybridized carbons (Fsp3) is 0.500. The van der Waals surface area contributed by atoms with Gasteiger partial charge < -0.3 is 4.74 Å². The number of ether oxygens (including phenoxy) is 1. The third-order valence-corrected chi connectivity index (χ3v) is 2.67. The Hall–Kier alpha value is -1.04. The molecule has 0 aromatic carbocycles. The van der Waals surface area contributed by atoms with Crippen molar-refractivity contribution in [3.8, 4) is 0 Å². The van der Waals surface area contributed by atoms with Crippen molar-refractivity contribution in [1.82, 2.24) is 15.2 Å². The van der Waals surface area contributed by atoms with Crippen LogP contribution in [-0.4, -0.2) is 33.0 Å². The van der Waals surface area contributed by atoms with Crippen molar-refractivity contribution in [3.63, 3.8) is 0 Å². The Bertz CT molecular complexity index is 274. The van der Waals surface area contributed by atoms with Gasteiger partial charge >= 0.3 is 5.97 Å². The molecule has 1 aliphatic heterocycles. The van der Waals surface area contributed by atoms with Gasteiger partial charge in [0.15, 0.2) is 5.16 Å². The van der Waals surface area contributed by atoms with E-state index in [4.69, 9.17) is 4.74 Å². The minimum absolute atomic E-state index is 0.113. The Labute approximate surface area is 72.9 Å². The van der Waals surface area contributed by atoms with Gasteiger partial charge in [-0.05, 0) is 0 Å². The Balaban J connectivity index is 1.99. The van der Waals surface area contributed by atoms with E-state index in [1.54, 1.807) is 0 Å². The number of nitrogens with zero attached hydrogens (tertiary/aromatic N) is 2. The van der Waals surface area contributed by atoms with Crippen molar-refractivity contribution in [1.29, 1.82) is 0 Å². The number of hydrogen-bond donors (Lipinski definition) is 1. The van der Waals surface area contributed by atoms with E-state index in [0.717, 1.165) is 6.42 Å². The van der Waals surface area contributed by atoms with E-state index >= 15 is 0 Å². The highest BCUT2D eigenvalue weighted by Crippen LogP contribution is 2.25. The van der Waals surface area contributed by atoms with Crippen molar-refractivity contribution >= 4 is 17.7 Å². The topological polar surface area (TPSA) is 67.9 Å². The van der Waals surface area contributed by atoms with E-state index < -0.39 is 0 Å². The fourth-order valence-electron chi connectivity index (χ4n) is 0.970. The third kappa shape index (κ3) is 1.42. The van der Waals surface area contributed by atoms with Gasteiger partial charge in [-0.2, -0.15) is 5.10 Å². The average molecular weight is 185 g/mol. The van der Waals surface area contributed by atoms with Gasteiger partial charge in [0.25, 0.3) is 0 Å². The summed E-state index contributed by atoms with van der Waals surface area (Å²) in [7, 11) is 0. The van der Waals surface area contributed by atoms with Crippen LogP contribution < -0.4 is 0 Å². The smallest absolute Gasteiger partial charge is 0.319 e. The molecule has 1 N–H and O–H groups in total. The standard InChI is InChI=1S/C6H7N3O2S/c10-5-4(1-2-11-5)12-6-7-3-8-9-6/h3-4H,1-2H2,(H,7,8,9)/t4-/m0/s1. The minimum atomic E-state index is -0.156. The molecule has 5 nitrogen and oxygen atoms in total. The first-order valence-electron chi connectivity index (χ1n) is 3.55. The van der Waals surface area contributed by atoms with Gasteiger partial charge in [-0.25, -0.2) is 4.98 Å². The Morgan fingerprint density at radius 3 is 3.25 bits per heavy atom. The van der Waals surface area contributed by atoms with Crippen molar-refractivity contribution < 1.29 is 9.53 Å². The quantitative estimate of drug-likeness (QED) is 0.667. The lowest BCUT2D eigenvalue weighted by molar-refractivity contribution is -0.137. The molecule has 6 heteroatoms. The highest BCUT2D eigenvalue weighted by molar-refractivity contribution is 8.00. The summed E-state index contributed by atoms with van der Waals surface area (Å²) in [5, 5.41) is 6.91. The molecule has 2 rings (SSSR count). The maximum atomic E-state index is 11.0. The Kier molecular flexibility index (Phi) is 1.99. The second kappa shape index (κ2) is 3.14. The van der Waals surface area contributed by atoms with E-state index in [-0.39, 0.29) is 11.2 Å². The van der Waals surface area contributed by atoms with Gasteiger partial charge in [0.05, 0.1) is 6.61 Å². The fourth-order valence-corrected chi connectivity index (χ4v) is 1.83. The summed E-state index contributed by atoms with van der Waals surface area (Å²) in [5.41, 5.74) is 0. The number of aromatic amines is 1. The summed E-state index contributed by atoms with van der Waals surface area (Å²) in [5.74, 6) is -0.156. The molecule has 0 radical (unpaired) electrons. The molecule has 0 amide bonds. The van der Waals surface area contributed by atoms with Gasteiger partial charge in [-0.15, -0.1) is 0 Å². The van der Waals surface area contributed by atoms with Crippen LogP contribution in [0, 0.1) is 0 Å². The monoisotopic (exact) mass is 185 g/mol. The third-order valence-electron chi connectivity index (χ3n) is 1.53. The van der Waals surface area contributed by atoms with Gasteiger partial charge in [0.1, 0.15) is 11.6 Å². The number of rotatable bonds is 2. The molecule has 1 fully saturated rings. The number of aromatic nitrogens is 3. The lowest BCUT2D eigenvalue weighted by atomic mass is 10.4. The van der Waals surface area contributed by atoms with Gasteiger partial charge in [0.2, 0.25) is 0 Å². The van der Waals surface area contributed by atoms with Gasteiger partial charge in [-0.3, -0.25) is 9.89 Å². The van der Waals surface area contributed by atoms with Crippen LogP contribution in [0.15, 0.2) is 11.5 Å². The first kappa shape index (κ1) is 7.60. The summed E-state index contributed by atoms with van der Waals surface area (Å²) in [4.78, 5) is 14.9. The molecular formula is C6H7N3O2S. The number of nitrogens with one attached hydrogen (secondary N) is 1. The zero-order valence-electron chi connectivity index (χ0n) is 6.19. The molecule has 1 atom stereocenters. The summed E-state index contributed by atoms with van der Waals surface area (Å²) in [6.45, 7) is 0.518. The van der Waals surface area contributed by atoms with Crippen molar-refractivity contribution in [2.45, 2.75) is 16.8 Å². The predicted molar refractivity (Wildman–Crippen MR) is 41.6 cm³/mol. The van der Waals surface area contributed by atoms with Gasteiger partial charge in [-0.1, -0.05) is 11.8 Å². The van der Waals surface area contributed by atoms with Crippen LogP contribution in [0.5, 0.6) is 0 Å². The SMILES string of the molecule is O=C1OCC[C@@H]1Sc1ncn[nH]1. The van der Waals surface area contributed by atoms with Crippen LogP contribution in [0.2, 0.25) is 0 Å². The second-order valence-electron chi connectivity index (χ2n) is 2.35. The molecule has 12 heavy (non-hydrogen) atoms. The van der Waals surface area contributed by atoms with Crippen LogP contribution in [0.4, 0.5) is 0 Å². The van der Waals surface area contributed by atoms with Crippen LogP contribution in [-0.2, 0) is 9.53 Å². The molecule has 0 saturated carbocycles. The second-order valence-corrected chi connectivity index (χ2v) is 3.54.